The van der Waals surface area contributed by atoms with E-state index in [0.717, 1.165) is 17.8 Å². The van der Waals surface area contributed by atoms with Crippen LogP contribution >= 0.6 is 12.6 Å². The van der Waals surface area contributed by atoms with Crippen molar-refractivity contribution in [3.63, 3.8) is 0 Å². The summed E-state index contributed by atoms with van der Waals surface area (Å²) in [5.74, 6) is 1.09. The zero-order chi connectivity index (χ0) is 10.2. The van der Waals surface area contributed by atoms with Crippen molar-refractivity contribution in [2.75, 3.05) is 12.3 Å². The summed E-state index contributed by atoms with van der Waals surface area (Å²) in [5, 5.41) is 0. The maximum atomic E-state index is 4.50. The van der Waals surface area contributed by atoms with Crippen LogP contribution in [0.2, 0.25) is 0 Å². The van der Waals surface area contributed by atoms with Gasteiger partial charge in [-0.3, -0.25) is 4.90 Å². The van der Waals surface area contributed by atoms with Gasteiger partial charge in [0, 0.05) is 18.6 Å². The molecular formula is C12H23NS. The maximum Gasteiger partial charge on any atom is 0.00699 e. The molecule has 0 radical (unpaired) electrons. The lowest BCUT2D eigenvalue weighted by atomic mass is 9.95. The van der Waals surface area contributed by atoms with Gasteiger partial charge in [0.1, 0.15) is 0 Å². The molecule has 1 saturated carbocycles. The van der Waals surface area contributed by atoms with Crippen LogP contribution in [-0.4, -0.2) is 29.3 Å². The summed E-state index contributed by atoms with van der Waals surface area (Å²) in [6.07, 6.45) is 7.03. The van der Waals surface area contributed by atoms with Crippen LogP contribution in [0.3, 0.4) is 0 Å². The molecule has 1 heterocycles. The van der Waals surface area contributed by atoms with Gasteiger partial charge in [0.2, 0.25) is 0 Å². The van der Waals surface area contributed by atoms with Gasteiger partial charge in [0.25, 0.3) is 0 Å². The molecule has 0 N–H and O–H groups in total. The monoisotopic (exact) mass is 213 g/mol. The van der Waals surface area contributed by atoms with Crippen molar-refractivity contribution in [1.29, 1.82) is 0 Å². The molecule has 1 saturated heterocycles. The van der Waals surface area contributed by atoms with E-state index in [2.05, 4.69) is 31.4 Å². The normalized spacial score (nSPS) is 37.1. The van der Waals surface area contributed by atoms with E-state index < -0.39 is 0 Å². The molecule has 0 bridgehead atoms. The van der Waals surface area contributed by atoms with Gasteiger partial charge < -0.3 is 0 Å². The van der Waals surface area contributed by atoms with Crippen LogP contribution in [0.1, 0.15) is 46.0 Å². The van der Waals surface area contributed by atoms with E-state index in [9.17, 15) is 0 Å². The summed E-state index contributed by atoms with van der Waals surface area (Å²) in [6, 6.07) is 1.60. The molecule has 14 heavy (non-hydrogen) atoms. The fourth-order valence-corrected chi connectivity index (χ4v) is 3.13. The van der Waals surface area contributed by atoms with Crippen LogP contribution in [0, 0.1) is 5.41 Å². The van der Waals surface area contributed by atoms with E-state index in [1.807, 2.05) is 0 Å². The van der Waals surface area contributed by atoms with E-state index in [4.69, 9.17) is 0 Å². The Balaban J connectivity index is 1.94. The van der Waals surface area contributed by atoms with Gasteiger partial charge in [-0.25, -0.2) is 0 Å². The highest BCUT2D eigenvalue weighted by atomic mass is 32.1. The number of thiol groups is 1. The number of nitrogens with zero attached hydrogens (tertiary/aromatic N) is 1. The minimum absolute atomic E-state index is 0.600. The predicted octanol–water partition coefficient (Wildman–Crippen LogP) is 2.96. The van der Waals surface area contributed by atoms with Crippen molar-refractivity contribution in [2.45, 2.75) is 58.0 Å². The SMILES string of the molecule is CC1CCCC(C)N1CC1(CS)CC1. The third kappa shape index (κ3) is 2.11. The molecule has 0 aromatic carbocycles. The van der Waals surface area contributed by atoms with Gasteiger partial charge in [0.15, 0.2) is 0 Å². The summed E-state index contributed by atoms with van der Waals surface area (Å²) >= 11 is 4.50. The highest BCUT2D eigenvalue weighted by Crippen LogP contribution is 2.48. The van der Waals surface area contributed by atoms with E-state index in [-0.39, 0.29) is 0 Å². The van der Waals surface area contributed by atoms with Gasteiger partial charge >= 0.3 is 0 Å². The van der Waals surface area contributed by atoms with E-state index in [0.29, 0.717) is 5.41 Å². The first-order valence-electron chi connectivity index (χ1n) is 6.03. The molecule has 2 heteroatoms. The molecule has 2 fully saturated rings. The van der Waals surface area contributed by atoms with E-state index in [1.165, 1.54) is 38.6 Å². The summed E-state index contributed by atoms with van der Waals surface area (Å²) in [6.45, 7) is 6.09. The van der Waals surface area contributed by atoms with Crippen molar-refractivity contribution in [3.05, 3.63) is 0 Å². The number of likely N-dealkylation sites (tertiary alicyclic amines) is 1. The van der Waals surface area contributed by atoms with Crippen LogP contribution in [0.4, 0.5) is 0 Å². The largest absolute Gasteiger partial charge is 0.297 e. The first kappa shape index (κ1) is 10.8. The Bertz CT molecular complexity index is 190. The van der Waals surface area contributed by atoms with Crippen LogP contribution in [0.25, 0.3) is 0 Å². The average Bonchev–Trinajstić information content (AvgIpc) is 2.93. The van der Waals surface area contributed by atoms with Crippen molar-refractivity contribution in [2.24, 2.45) is 5.41 Å². The van der Waals surface area contributed by atoms with Crippen LogP contribution < -0.4 is 0 Å². The van der Waals surface area contributed by atoms with Crippen molar-refractivity contribution < 1.29 is 0 Å². The molecule has 2 rings (SSSR count). The van der Waals surface area contributed by atoms with Crippen LogP contribution in [0.15, 0.2) is 0 Å². The lowest BCUT2D eigenvalue weighted by Gasteiger charge is -2.41. The Morgan fingerprint density at radius 2 is 1.79 bits per heavy atom. The minimum atomic E-state index is 0.600. The van der Waals surface area contributed by atoms with Gasteiger partial charge in [0.05, 0.1) is 0 Å². The molecule has 0 aromatic rings. The summed E-state index contributed by atoms with van der Waals surface area (Å²) in [5.41, 5.74) is 0.600. The molecule has 0 amide bonds. The number of hydrogen-bond donors (Lipinski definition) is 1. The standard InChI is InChI=1S/C12H23NS/c1-10-4-3-5-11(2)13(10)8-12(9-14)6-7-12/h10-11,14H,3-9H2,1-2H3. The highest BCUT2D eigenvalue weighted by molar-refractivity contribution is 7.80. The molecule has 0 spiro atoms. The van der Waals surface area contributed by atoms with Gasteiger partial charge in [-0.2, -0.15) is 12.6 Å². The first-order chi connectivity index (χ1) is 6.67. The Labute approximate surface area is 93.7 Å². The number of piperidine rings is 1. The first-order valence-corrected chi connectivity index (χ1v) is 6.67. The molecule has 1 aliphatic heterocycles. The highest BCUT2D eigenvalue weighted by Gasteiger charge is 2.44. The maximum absolute atomic E-state index is 4.50. The summed E-state index contributed by atoms with van der Waals surface area (Å²) < 4.78 is 0. The summed E-state index contributed by atoms with van der Waals surface area (Å²) in [7, 11) is 0. The number of rotatable bonds is 3. The molecule has 1 aliphatic carbocycles. The molecule has 2 atom stereocenters. The van der Waals surface area contributed by atoms with Crippen LogP contribution in [-0.2, 0) is 0 Å². The Kier molecular flexibility index (Phi) is 3.13. The smallest absolute Gasteiger partial charge is 0.00699 e. The molecule has 0 aromatic heterocycles. The molecule has 2 aliphatic rings. The van der Waals surface area contributed by atoms with E-state index in [1.54, 1.807) is 0 Å². The second-order valence-electron chi connectivity index (χ2n) is 5.46. The predicted molar refractivity (Wildman–Crippen MR) is 65.0 cm³/mol. The molecule has 1 nitrogen and oxygen atoms in total. The zero-order valence-corrected chi connectivity index (χ0v) is 10.4. The lowest BCUT2D eigenvalue weighted by Crippen LogP contribution is -2.46. The second kappa shape index (κ2) is 4.05. The fourth-order valence-electron chi connectivity index (χ4n) is 2.72. The second-order valence-corrected chi connectivity index (χ2v) is 5.78. The Hall–Kier alpha value is 0.310. The van der Waals surface area contributed by atoms with Crippen LogP contribution in [0.5, 0.6) is 0 Å². The third-order valence-electron chi connectivity index (χ3n) is 4.19. The van der Waals surface area contributed by atoms with Crippen molar-refractivity contribution in [3.8, 4) is 0 Å². The topological polar surface area (TPSA) is 3.24 Å². The number of hydrogen-bond acceptors (Lipinski definition) is 2. The van der Waals surface area contributed by atoms with Gasteiger partial charge in [-0.15, -0.1) is 0 Å². The van der Waals surface area contributed by atoms with Gasteiger partial charge in [-0.05, 0) is 50.7 Å². The Morgan fingerprint density at radius 3 is 2.21 bits per heavy atom. The Morgan fingerprint density at radius 1 is 1.21 bits per heavy atom. The molecular weight excluding hydrogens is 190 g/mol. The van der Waals surface area contributed by atoms with Gasteiger partial charge in [-0.1, -0.05) is 6.42 Å². The van der Waals surface area contributed by atoms with Crippen molar-refractivity contribution >= 4 is 12.6 Å². The van der Waals surface area contributed by atoms with Crippen molar-refractivity contribution in [1.82, 2.24) is 4.90 Å². The molecule has 82 valence electrons. The minimum Gasteiger partial charge on any atom is -0.297 e. The lowest BCUT2D eigenvalue weighted by molar-refractivity contribution is 0.0830. The van der Waals surface area contributed by atoms with E-state index >= 15 is 0 Å². The third-order valence-corrected chi connectivity index (χ3v) is 4.86. The molecule has 2 unspecified atom stereocenters. The average molecular weight is 213 g/mol. The zero-order valence-electron chi connectivity index (χ0n) is 9.50. The fraction of sp³-hybridized carbons (Fsp3) is 1.00. The quantitative estimate of drug-likeness (QED) is 0.706. The summed E-state index contributed by atoms with van der Waals surface area (Å²) in [4.78, 5) is 2.73.